The van der Waals surface area contributed by atoms with Gasteiger partial charge in [0.15, 0.2) is 5.82 Å². The summed E-state index contributed by atoms with van der Waals surface area (Å²) in [7, 11) is 0. The Kier molecular flexibility index (Phi) is 6.90. The van der Waals surface area contributed by atoms with E-state index in [0.717, 1.165) is 25.8 Å². The summed E-state index contributed by atoms with van der Waals surface area (Å²) >= 11 is 0. The van der Waals surface area contributed by atoms with E-state index in [1.807, 2.05) is 4.90 Å². The summed E-state index contributed by atoms with van der Waals surface area (Å²) in [4.78, 5) is 17.9. The Morgan fingerprint density at radius 2 is 2.35 bits per heavy atom. The molecule has 2 N–H and O–H groups in total. The minimum absolute atomic E-state index is 0. The van der Waals surface area contributed by atoms with E-state index in [-0.39, 0.29) is 37.6 Å². The van der Waals surface area contributed by atoms with Gasteiger partial charge in [-0.15, -0.1) is 12.4 Å². The van der Waals surface area contributed by atoms with Gasteiger partial charge in [-0.2, -0.15) is 4.98 Å². The first-order valence-corrected chi connectivity index (χ1v) is 6.57. The van der Waals surface area contributed by atoms with Gasteiger partial charge in [0, 0.05) is 19.1 Å². The lowest BCUT2D eigenvalue weighted by Gasteiger charge is -2.34. The molecule has 0 bridgehead atoms. The molecule has 1 saturated heterocycles. The zero-order valence-electron chi connectivity index (χ0n) is 11.6. The molecule has 1 aliphatic heterocycles. The van der Waals surface area contributed by atoms with Crippen molar-refractivity contribution in [3.05, 3.63) is 11.7 Å². The largest absolute Gasteiger partial charge is 0.362 e. The monoisotopic (exact) mass is 304 g/mol. The number of halogens is 1. The van der Waals surface area contributed by atoms with Crippen LogP contribution in [0.15, 0.2) is 4.52 Å². The van der Waals surface area contributed by atoms with Crippen LogP contribution in [0.1, 0.15) is 31.0 Å². The van der Waals surface area contributed by atoms with Crippen LogP contribution in [0.3, 0.4) is 0 Å². The summed E-state index contributed by atoms with van der Waals surface area (Å²) in [6.45, 7) is 3.20. The van der Waals surface area contributed by atoms with Crippen molar-refractivity contribution in [1.29, 1.82) is 0 Å². The Morgan fingerprint density at radius 1 is 1.55 bits per heavy atom. The molecule has 0 saturated carbocycles. The van der Waals surface area contributed by atoms with Crippen molar-refractivity contribution in [2.24, 2.45) is 5.73 Å². The molecule has 0 spiro atoms. The number of hydrogen-bond acceptors (Lipinski definition) is 6. The van der Waals surface area contributed by atoms with Gasteiger partial charge in [-0.25, -0.2) is 0 Å². The van der Waals surface area contributed by atoms with Crippen molar-refractivity contribution >= 4 is 18.3 Å². The van der Waals surface area contributed by atoms with Crippen molar-refractivity contribution in [3.63, 3.8) is 0 Å². The molecule has 1 aromatic rings. The van der Waals surface area contributed by atoms with Crippen LogP contribution in [0, 0.1) is 6.92 Å². The number of nitrogens with zero attached hydrogens (tertiary/aromatic N) is 3. The van der Waals surface area contributed by atoms with Crippen LogP contribution in [0.25, 0.3) is 0 Å². The van der Waals surface area contributed by atoms with Gasteiger partial charge < -0.3 is 19.9 Å². The van der Waals surface area contributed by atoms with Crippen molar-refractivity contribution < 1.29 is 14.1 Å². The van der Waals surface area contributed by atoms with E-state index in [2.05, 4.69) is 10.1 Å². The molecule has 20 heavy (non-hydrogen) atoms. The van der Waals surface area contributed by atoms with Gasteiger partial charge >= 0.3 is 0 Å². The zero-order chi connectivity index (χ0) is 13.7. The molecule has 2 rings (SSSR count). The lowest BCUT2D eigenvalue weighted by Crippen LogP contribution is -2.48. The number of carbonyl (C=O) groups excluding carboxylic acids is 1. The number of carbonyl (C=O) groups is 1. The van der Waals surface area contributed by atoms with E-state index in [1.54, 1.807) is 6.92 Å². The number of piperidine rings is 1. The summed E-state index contributed by atoms with van der Waals surface area (Å²) in [5.74, 6) is 0.926. The van der Waals surface area contributed by atoms with Gasteiger partial charge in [0.25, 0.3) is 5.89 Å². The molecule has 8 heteroatoms. The number of aromatic nitrogens is 2. The first-order chi connectivity index (χ1) is 9.20. The fourth-order valence-corrected chi connectivity index (χ4v) is 2.28. The van der Waals surface area contributed by atoms with Crippen LogP contribution in [0.5, 0.6) is 0 Å². The predicted molar refractivity (Wildman–Crippen MR) is 74.3 cm³/mol. The van der Waals surface area contributed by atoms with Crippen molar-refractivity contribution in [2.75, 3.05) is 19.7 Å². The van der Waals surface area contributed by atoms with Crippen LogP contribution in [-0.4, -0.2) is 46.7 Å². The van der Waals surface area contributed by atoms with Gasteiger partial charge in [-0.1, -0.05) is 5.16 Å². The van der Waals surface area contributed by atoms with Crippen LogP contribution < -0.4 is 5.73 Å². The molecule has 2 heterocycles. The topological polar surface area (TPSA) is 94.5 Å². The first kappa shape index (κ1) is 16.9. The second-order valence-electron chi connectivity index (χ2n) is 4.70. The highest BCUT2D eigenvalue weighted by Crippen LogP contribution is 2.16. The summed E-state index contributed by atoms with van der Waals surface area (Å²) in [5, 5.41) is 3.65. The molecular formula is C12H21ClN4O3. The molecule has 1 aliphatic rings. The smallest absolute Gasteiger partial charge is 0.252 e. The highest BCUT2D eigenvalue weighted by molar-refractivity contribution is 5.85. The molecule has 0 aromatic carbocycles. The van der Waals surface area contributed by atoms with E-state index in [1.165, 1.54) is 0 Å². The fraction of sp³-hybridized carbons (Fsp3) is 0.750. The standard InChI is InChI=1S/C12H20N4O3.ClH/c1-9-14-11(19-15-9)7-18-8-12(17)16-5-3-2-4-10(16)6-13;/h10H,2-8,13H2,1H3;1H. The predicted octanol–water partition coefficient (Wildman–Crippen LogP) is 0.656. The van der Waals surface area contributed by atoms with Crippen molar-refractivity contribution in [2.45, 2.75) is 38.8 Å². The number of aryl methyl sites for hydroxylation is 1. The normalized spacial score (nSPS) is 18.7. The molecule has 1 atom stereocenters. The Hall–Kier alpha value is -1.18. The number of likely N-dealkylation sites (tertiary alicyclic amines) is 1. The maximum atomic E-state index is 12.0. The van der Waals surface area contributed by atoms with Gasteiger partial charge in [0.2, 0.25) is 5.91 Å². The number of rotatable bonds is 5. The Balaban J connectivity index is 0.00000200. The molecule has 7 nitrogen and oxygen atoms in total. The van der Waals surface area contributed by atoms with Gasteiger partial charge in [-0.3, -0.25) is 4.79 Å². The lowest BCUT2D eigenvalue weighted by atomic mass is 10.0. The Bertz CT molecular complexity index is 427. The van der Waals surface area contributed by atoms with Crippen molar-refractivity contribution in [3.8, 4) is 0 Å². The Morgan fingerprint density at radius 3 is 3.00 bits per heavy atom. The molecule has 1 amide bonds. The minimum Gasteiger partial charge on any atom is -0.362 e. The minimum atomic E-state index is -0.0219. The third-order valence-electron chi connectivity index (χ3n) is 3.24. The average molecular weight is 305 g/mol. The van der Waals surface area contributed by atoms with Gasteiger partial charge in [-0.05, 0) is 26.2 Å². The summed E-state index contributed by atoms with van der Waals surface area (Å²) in [5.41, 5.74) is 5.69. The van der Waals surface area contributed by atoms with E-state index in [4.69, 9.17) is 15.0 Å². The summed E-state index contributed by atoms with van der Waals surface area (Å²) in [6, 6.07) is 0.149. The number of hydrogen-bond donors (Lipinski definition) is 1. The van der Waals surface area contributed by atoms with Crippen LogP contribution in [0.4, 0.5) is 0 Å². The number of ether oxygens (including phenoxy) is 1. The van der Waals surface area contributed by atoms with Crippen LogP contribution >= 0.6 is 12.4 Å². The van der Waals surface area contributed by atoms with Crippen LogP contribution in [0.2, 0.25) is 0 Å². The SMILES string of the molecule is Cc1noc(COCC(=O)N2CCCCC2CN)n1.Cl. The maximum Gasteiger partial charge on any atom is 0.252 e. The zero-order valence-corrected chi connectivity index (χ0v) is 12.4. The molecule has 1 unspecified atom stereocenters. The molecule has 114 valence electrons. The quantitative estimate of drug-likeness (QED) is 0.858. The van der Waals surface area contributed by atoms with E-state index in [9.17, 15) is 4.79 Å². The Labute approximate surface area is 124 Å². The van der Waals surface area contributed by atoms with E-state index < -0.39 is 0 Å². The highest BCUT2D eigenvalue weighted by Gasteiger charge is 2.25. The molecule has 1 aromatic heterocycles. The number of nitrogens with two attached hydrogens (primary N) is 1. The lowest BCUT2D eigenvalue weighted by molar-refractivity contribution is -0.140. The van der Waals surface area contributed by atoms with Gasteiger partial charge in [0.05, 0.1) is 0 Å². The first-order valence-electron chi connectivity index (χ1n) is 6.57. The van der Waals surface area contributed by atoms with Gasteiger partial charge in [0.1, 0.15) is 13.2 Å². The third-order valence-corrected chi connectivity index (χ3v) is 3.24. The molecule has 1 fully saturated rings. The van der Waals surface area contributed by atoms with E-state index >= 15 is 0 Å². The third kappa shape index (κ3) is 4.43. The van der Waals surface area contributed by atoms with Crippen LogP contribution in [-0.2, 0) is 16.1 Å². The second kappa shape index (κ2) is 8.18. The van der Waals surface area contributed by atoms with E-state index in [0.29, 0.717) is 18.3 Å². The fourth-order valence-electron chi connectivity index (χ4n) is 2.28. The molecule has 0 aliphatic carbocycles. The second-order valence-corrected chi connectivity index (χ2v) is 4.70. The molecule has 0 radical (unpaired) electrons. The average Bonchev–Trinajstić information content (AvgIpc) is 2.84. The summed E-state index contributed by atoms with van der Waals surface area (Å²) < 4.78 is 10.2. The highest BCUT2D eigenvalue weighted by atomic mass is 35.5. The number of amides is 1. The maximum absolute atomic E-state index is 12.0. The molecular weight excluding hydrogens is 284 g/mol. The van der Waals surface area contributed by atoms with Crippen molar-refractivity contribution in [1.82, 2.24) is 15.0 Å². The summed E-state index contributed by atoms with van der Waals surface area (Å²) in [6.07, 6.45) is 3.14.